The van der Waals surface area contributed by atoms with E-state index in [0.717, 1.165) is 4.31 Å². The second-order valence-electron chi connectivity index (χ2n) is 9.33. The standard InChI is InChI=1S/C25H24Cl2N6O3S/c1-15(23-19(26)9-28-10-20(23)27)36-17-4-5-21-18(7-17)24(31-30-21)16-3-6-22(29-8-16)32-11-25(12-32)13-33(14-25)37(2,34)35/h3-10,15H,11-14H2,1-2H3,(H,30,31)/i1D3,2D3. The fourth-order valence-electron chi connectivity index (χ4n) is 4.86. The quantitative estimate of drug-likeness (QED) is 0.366. The Balaban J connectivity index is 1.18. The minimum Gasteiger partial charge on any atom is -0.486 e. The number of ether oxygens (including phenoxy) is 1. The van der Waals surface area contributed by atoms with Gasteiger partial charge in [-0.25, -0.2) is 17.7 Å². The van der Waals surface area contributed by atoms with Crippen LogP contribution in [-0.4, -0.2) is 65.3 Å². The molecular weight excluding hydrogens is 535 g/mol. The van der Waals surface area contributed by atoms with Crippen molar-refractivity contribution in [3.05, 3.63) is 64.5 Å². The Labute approximate surface area is 232 Å². The molecule has 2 saturated heterocycles. The van der Waals surface area contributed by atoms with E-state index in [-0.39, 0.29) is 39.9 Å². The molecule has 12 heteroatoms. The molecule has 0 saturated carbocycles. The number of benzene rings is 1. The summed E-state index contributed by atoms with van der Waals surface area (Å²) in [5, 5.41) is 8.21. The molecular formula is C25H24Cl2N6O3S. The molecule has 37 heavy (non-hydrogen) atoms. The number of aromatic nitrogens is 4. The third-order valence-electron chi connectivity index (χ3n) is 6.70. The lowest BCUT2D eigenvalue weighted by Gasteiger charge is -2.59. The third kappa shape index (κ3) is 4.41. The van der Waals surface area contributed by atoms with Crippen LogP contribution in [0, 0.1) is 5.41 Å². The van der Waals surface area contributed by atoms with Crippen LogP contribution in [0.15, 0.2) is 48.9 Å². The number of aromatic amines is 1. The molecule has 1 atom stereocenters. The molecule has 1 unspecified atom stereocenters. The van der Waals surface area contributed by atoms with Crippen LogP contribution in [-0.2, 0) is 10.0 Å². The molecule has 0 aliphatic carbocycles. The number of hydrogen-bond acceptors (Lipinski definition) is 7. The molecule has 2 aliphatic heterocycles. The van der Waals surface area contributed by atoms with Crippen LogP contribution in [0.25, 0.3) is 22.2 Å². The summed E-state index contributed by atoms with van der Waals surface area (Å²) in [6, 6.07) is 8.71. The van der Waals surface area contributed by atoms with Crippen molar-refractivity contribution in [1.82, 2.24) is 24.5 Å². The monoisotopic (exact) mass is 564 g/mol. The van der Waals surface area contributed by atoms with Gasteiger partial charge in [0.15, 0.2) is 0 Å². The van der Waals surface area contributed by atoms with Crippen molar-refractivity contribution < 1.29 is 21.4 Å². The van der Waals surface area contributed by atoms with Crippen molar-refractivity contribution in [2.45, 2.75) is 13.0 Å². The number of halogens is 2. The number of pyridine rings is 2. The van der Waals surface area contributed by atoms with Crippen LogP contribution in [0.5, 0.6) is 5.75 Å². The van der Waals surface area contributed by atoms with Gasteiger partial charge in [-0.05, 0) is 37.2 Å². The molecule has 0 bridgehead atoms. The molecule has 9 nitrogen and oxygen atoms in total. The maximum atomic E-state index is 12.1. The lowest BCUT2D eigenvalue weighted by molar-refractivity contribution is 0.0395. The summed E-state index contributed by atoms with van der Waals surface area (Å²) >= 11 is 12.5. The van der Waals surface area contributed by atoms with Crippen molar-refractivity contribution >= 4 is 49.9 Å². The summed E-state index contributed by atoms with van der Waals surface area (Å²) < 4.78 is 77.2. The molecule has 1 aromatic carbocycles. The number of fused-ring (bicyclic) bond motifs is 1. The van der Waals surface area contributed by atoms with Gasteiger partial charge in [0.25, 0.3) is 0 Å². The zero-order valence-corrected chi connectivity index (χ0v) is 21.5. The Bertz CT molecular complexity index is 1780. The van der Waals surface area contributed by atoms with Crippen LogP contribution in [0.4, 0.5) is 5.82 Å². The van der Waals surface area contributed by atoms with Crippen LogP contribution >= 0.6 is 23.2 Å². The SMILES string of the molecule is [2H]C([2H])([2H])C(Oc1ccc2[nH]nc(-c3ccc(N4CC5(C4)CN(S(=O)(=O)C([2H])([2H])[2H])C5)nc3)c2c1)c1c(Cl)cncc1Cl. The Morgan fingerprint density at radius 2 is 1.89 bits per heavy atom. The van der Waals surface area contributed by atoms with Gasteiger partial charge in [0.2, 0.25) is 10.0 Å². The molecule has 0 amide bonds. The number of anilines is 1. The van der Waals surface area contributed by atoms with Crippen molar-refractivity contribution in [3.63, 3.8) is 0 Å². The number of H-pyrrole nitrogens is 1. The molecule has 2 fully saturated rings. The van der Waals surface area contributed by atoms with E-state index in [9.17, 15) is 8.42 Å². The first kappa shape index (κ1) is 18.4. The van der Waals surface area contributed by atoms with E-state index in [0.29, 0.717) is 41.1 Å². The van der Waals surface area contributed by atoms with Crippen molar-refractivity contribution in [2.24, 2.45) is 5.41 Å². The first-order chi connectivity index (χ1) is 20.1. The summed E-state index contributed by atoms with van der Waals surface area (Å²) in [5.74, 6) is 0.965. The van der Waals surface area contributed by atoms with E-state index in [1.807, 2.05) is 17.0 Å². The van der Waals surface area contributed by atoms with Gasteiger partial charge in [-0.2, -0.15) is 5.10 Å². The van der Waals surface area contributed by atoms with E-state index in [1.165, 1.54) is 12.4 Å². The van der Waals surface area contributed by atoms with Crippen LogP contribution < -0.4 is 9.64 Å². The zero-order chi connectivity index (χ0) is 30.9. The average Bonchev–Trinajstić information content (AvgIpc) is 3.29. The summed E-state index contributed by atoms with van der Waals surface area (Å²) in [6.07, 6.45) is -0.218. The number of sulfonamides is 1. The predicted octanol–water partition coefficient (Wildman–Crippen LogP) is 4.55. The van der Waals surface area contributed by atoms with Gasteiger partial charge < -0.3 is 9.64 Å². The Hall–Kier alpha value is -2.92. The Morgan fingerprint density at radius 1 is 1.11 bits per heavy atom. The van der Waals surface area contributed by atoms with Gasteiger partial charge in [-0.15, -0.1) is 0 Å². The third-order valence-corrected chi connectivity index (χ3v) is 8.24. The zero-order valence-electron chi connectivity index (χ0n) is 25.1. The fourth-order valence-corrected chi connectivity index (χ4v) is 6.31. The minimum absolute atomic E-state index is 0.0771. The topological polar surface area (TPSA) is 104 Å². The summed E-state index contributed by atoms with van der Waals surface area (Å²) in [6.45, 7) is -1.11. The number of nitrogens with one attached hydrogen (secondary N) is 1. The maximum absolute atomic E-state index is 12.1. The van der Waals surface area contributed by atoms with E-state index in [1.54, 1.807) is 24.4 Å². The smallest absolute Gasteiger partial charge is 0.211 e. The van der Waals surface area contributed by atoms with Crippen LogP contribution in [0.2, 0.25) is 10.0 Å². The molecule has 4 aromatic rings. The summed E-state index contributed by atoms with van der Waals surface area (Å²) in [5.41, 5.74) is 1.82. The molecule has 192 valence electrons. The second kappa shape index (κ2) is 8.83. The number of rotatable bonds is 6. The van der Waals surface area contributed by atoms with Crippen LogP contribution in [0.3, 0.4) is 0 Å². The average molecular weight is 566 g/mol. The van der Waals surface area contributed by atoms with E-state index in [4.69, 9.17) is 36.2 Å². The Morgan fingerprint density at radius 3 is 2.57 bits per heavy atom. The van der Waals surface area contributed by atoms with Crippen molar-refractivity contribution in [3.8, 4) is 17.0 Å². The second-order valence-corrected chi connectivity index (χ2v) is 11.6. The fraction of sp³-hybridized carbons (Fsp3) is 0.320. The van der Waals surface area contributed by atoms with Gasteiger partial charge in [-0.3, -0.25) is 10.1 Å². The summed E-state index contributed by atoms with van der Waals surface area (Å²) in [7, 11) is -4.31. The highest BCUT2D eigenvalue weighted by Crippen LogP contribution is 2.42. The normalized spacial score (nSPS) is 21.1. The van der Waals surface area contributed by atoms with E-state index < -0.39 is 29.2 Å². The van der Waals surface area contributed by atoms with Gasteiger partial charge in [0, 0.05) is 74.9 Å². The van der Waals surface area contributed by atoms with E-state index >= 15 is 0 Å². The number of nitrogens with zero attached hydrogens (tertiary/aromatic N) is 5. The molecule has 3 aromatic heterocycles. The largest absolute Gasteiger partial charge is 0.486 e. The van der Waals surface area contributed by atoms with Gasteiger partial charge in [0.05, 0.1) is 21.7 Å². The van der Waals surface area contributed by atoms with Gasteiger partial charge in [0.1, 0.15) is 23.4 Å². The predicted molar refractivity (Wildman–Crippen MR) is 144 cm³/mol. The first-order valence-corrected chi connectivity index (χ1v) is 13.4. The molecule has 6 rings (SSSR count). The van der Waals surface area contributed by atoms with E-state index in [2.05, 4.69) is 20.2 Å². The lowest BCUT2D eigenvalue weighted by atomic mass is 9.74. The molecule has 0 radical (unpaired) electrons. The first-order valence-electron chi connectivity index (χ1n) is 14.2. The molecule has 5 heterocycles. The molecule has 2 aliphatic rings. The minimum atomic E-state index is -4.31. The van der Waals surface area contributed by atoms with Gasteiger partial charge in [-0.1, -0.05) is 23.2 Å². The van der Waals surface area contributed by atoms with Gasteiger partial charge >= 0.3 is 0 Å². The maximum Gasteiger partial charge on any atom is 0.211 e. The highest BCUT2D eigenvalue weighted by atomic mass is 35.5. The lowest BCUT2D eigenvalue weighted by Crippen LogP contribution is -2.73. The number of hydrogen-bond donors (Lipinski definition) is 1. The molecule has 1 N–H and O–H groups in total. The summed E-state index contributed by atoms with van der Waals surface area (Å²) in [4.78, 5) is 10.5. The van der Waals surface area contributed by atoms with Crippen molar-refractivity contribution in [1.29, 1.82) is 0 Å². The van der Waals surface area contributed by atoms with Crippen LogP contribution in [0.1, 0.15) is 26.7 Å². The van der Waals surface area contributed by atoms with Crippen molar-refractivity contribution in [2.75, 3.05) is 37.3 Å². The highest BCUT2D eigenvalue weighted by molar-refractivity contribution is 7.88. The molecule has 1 spiro atoms. The highest BCUT2D eigenvalue weighted by Gasteiger charge is 2.54. The Kier molecular flexibility index (Phi) is 4.38.